The number of benzene rings is 2. The Morgan fingerprint density at radius 2 is 1.43 bits per heavy atom. The van der Waals surface area contributed by atoms with Gasteiger partial charge in [-0.15, -0.1) is 6.58 Å². The number of hydrogen-bond acceptors (Lipinski definition) is 2. The van der Waals surface area contributed by atoms with Crippen LogP contribution in [-0.4, -0.2) is 17.9 Å². The molecule has 0 heterocycles. The molecule has 0 aliphatic rings. The lowest BCUT2D eigenvalue weighted by atomic mass is 9.90. The molecule has 0 saturated heterocycles. The van der Waals surface area contributed by atoms with Crippen molar-refractivity contribution in [3.8, 4) is 0 Å². The number of rotatable bonds is 12. The Hall–Kier alpha value is -2.88. The number of primary amides is 1. The number of carbonyl (C=O) groups excluding carboxylic acids is 2. The highest BCUT2D eigenvalue weighted by Crippen LogP contribution is 2.25. The second-order valence-corrected chi connectivity index (χ2v) is 7.00. The third-order valence-electron chi connectivity index (χ3n) is 4.84. The second-order valence-electron chi connectivity index (χ2n) is 7.00. The SMILES string of the molecule is C=CCCCCCC[C@H](NC(=O)C(c1ccccc1)c1ccccc1)C(N)=O. The standard InChI is InChI=1S/C24H30N2O2/c1-2-3-4-5-6-13-18-21(23(25)27)26-24(28)22(19-14-9-7-10-15-19)20-16-11-8-12-17-20/h2,7-12,14-17,21-22H,1,3-6,13,18H2,(H2,25,27)(H,26,28)/t21-/m0/s1. The van der Waals surface area contributed by atoms with Crippen molar-refractivity contribution in [3.05, 3.63) is 84.4 Å². The summed E-state index contributed by atoms with van der Waals surface area (Å²) in [5, 5.41) is 2.89. The molecular weight excluding hydrogens is 348 g/mol. The molecule has 3 N–H and O–H groups in total. The van der Waals surface area contributed by atoms with Crippen LogP contribution in [0.2, 0.25) is 0 Å². The molecule has 28 heavy (non-hydrogen) atoms. The number of nitrogens with two attached hydrogens (primary N) is 1. The van der Waals surface area contributed by atoms with E-state index in [1.807, 2.05) is 66.7 Å². The minimum atomic E-state index is -0.651. The van der Waals surface area contributed by atoms with Crippen LogP contribution < -0.4 is 11.1 Å². The summed E-state index contributed by atoms with van der Waals surface area (Å²) >= 11 is 0. The Kier molecular flexibility index (Phi) is 8.99. The molecule has 2 amide bonds. The van der Waals surface area contributed by atoms with E-state index in [1.54, 1.807) is 0 Å². The van der Waals surface area contributed by atoms with Gasteiger partial charge in [0.1, 0.15) is 6.04 Å². The van der Waals surface area contributed by atoms with Crippen molar-refractivity contribution in [2.75, 3.05) is 0 Å². The normalized spacial score (nSPS) is 11.8. The van der Waals surface area contributed by atoms with Gasteiger partial charge in [-0.05, 0) is 30.4 Å². The first-order valence-corrected chi connectivity index (χ1v) is 9.94. The summed E-state index contributed by atoms with van der Waals surface area (Å²) in [6.07, 6.45) is 7.53. The van der Waals surface area contributed by atoms with Crippen LogP contribution in [0, 0.1) is 0 Å². The lowest BCUT2D eigenvalue weighted by Crippen LogP contribution is -2.46. The molecule has 1 atom stereocenters. The van der Waals surface area contributed by atoms with E-state index in [0.717, 1.165) is 43.2 Å². The van der Waals surface area contributed by atoms with Crippen LogP contribution in [0.15, 0.2) is 73.3 Å². The van der Waals surface area contributed by atoms with Crippen LogP contribution >= 0.6 is 0 Å². The summed E-state index contributed by atoms with van der Waals surface area (Å²) in [7, 11) is 0. The largest absolute Gasteiger partial charge is 0.368 e. The number of nitrogens with one attached hydrogen (secondary N) is 1. The lowest BCUT2D eigenvalue weighted by Gasteiger charge is -2.22. The van der Waals surface area contributed by atoms with Crippen molar-refractivity contribution in [1.29, 1.82) is 0 Å². The Bertz CT molecular complexity index is 704. The molecule has 2 rings (SSSR count). The van der Waals surface area contributed by atoms with E-state index in [-0.39, 0.29) is 5.91 Å². The number of carbonyl (C=O) groups is 2. The average molecular weight is 379 g/mol. The van der Waals surface area contributed by atoms with E-state index in [1.165, 1.54) is 0 Å². The van der Waals surface area contributed by atoms with E-state index in [2.05, 4.69) is 11.9 Å². The summed E-state index contributed by atoms with van der Waals surface area (Å²) in [6, 6.07) is 18.5. The Labute approximate surface area is 167 Å². The second kappa shape index (κ2) is 11.8. The molecule has 4 heteroatoms. The summed E-state index contributed by atoms with van der Waals surface area (Å²) in [4.78, 5) is 25.0. The molecule has 0 unspecified atom stereocenters. The van der Waals surface area contributed by atoms with Gasteiger partial charge in [-0.2, -0.15) is 0 Å². The van der Waals surface area contributed by atoms with E-state index in [0.29, 0.717) is 6.42 Å². The van der Waals surface area contributed by atoms with Crippen molar-refractivity contribution >= 4 is 11.8 Å². The molecule has 0 saturated carbocycles. The third-order valence-corrected chi connectivity index (χ3v) is 4.84. The topological polar surface area (TPSA) is 72.2 Å². The maximum absolute atomic E-state index is 13.1. The molecular formula is C24H30N2O2. The van der Waals surface area contributed by atoms with Gasteiger partial charge in [0, 0.05) is 0 Å². The fourth-order valence-electron chi connectivity index (χ4n) is 3.32. The van der Waals surface area contributed by atoms with Crippen LogP contribution in [0.4, 0.5) is 0 Å². The van der Waals surface area contributed by atoms with Crippen LogP contribution in [0.1, 0.15) is 55.6 Å². The molecule has 0 radical (unpaired) electrons. The van der Waals surface area contributed by atoms with Crippen LogP contribution in [-0.2, 0) is 9.59 Å². The number of hydrogen-bond donors (Lipinski definition) is 2. The fourth-order valence-corrected chi connectivity index (χ4v) is 3.32. The molecule has 0 aromatic heterocycles. The van der Waals surface area contributed by atoms with Crippen molar-refractivity contribution in [1.82, 2.24) is 5.32 Å². The van der Waals surface area contributed by atoms with Gasteiger partial charge >= 0.3 is 0 Å². The van der Waals surface area contributed by atoms with Crippen LogP contribution in [0.5, 0.6) is 0 Å². The third kappa shape index (κ3) is 6.69. The fraction of sp³-hybridized carbons (Fsp3) is 0.333. The first-order chi connectivity index (χ1) is 13.6. The Balaban J connectivity index is 2.05. The predicted molar refractivity (Wildman–Crippen MR) is 114 cm³/mol. The molecule has 4 nitrogen and oxygen atoms in total. The molecule has 0 spiro atoms. The Morgan fingerprint density at radius 3 is 1.93 bits per heavy atom. The van der Waals surface area contributed by atoms with Gasteiger partial charge in [-0.3, -0.25) is 9.59 Å². The van der Waals surface area contributed by atoms with Gasteiger partial charge in [-0.25, -0.2) is 0 Å². The highest BCUT2D eigenvalue weighted by molar-refractivity contribution is 5.91. The first-order valence-electron chi connectivity index (χ1n) is 9.94. The van der Waals surface area contributed by atoms with Crippen molar-refractivity contribution in [2.24, 2.45) is 5.73 Å². The van der Waals surface area contributed by atoms with Gasteiger partial charge in [0.25, 0.3) is 0 Å². The highest BCUT2D eigenvalue weighted by Gasteiger charge is 2.26. The smallest absolute Gasteiger partial charge is 0.240 e. The van der Waals surface area contributed by atoms with Crippen molar-refractivity contribution in [2.45, 2.75) is 50.5 Å². The van der Waals surface area contributed by atoms with Crippen molar-refractivity contribution < 1.29 is 9.59 Å². The quantitative estimate of drug-likeness (QED) is 0.426. The van der Waals surface area contributed by atoms with Gasteiger partial charge < -0.3 is 11.1 Å². The molecule has 0 aliphatic heterocycles. The van der Waals surface area contributed by atoms with Crippen molar-refractivity contribution in [3.63, 3.8) is 0 Å². The summed E-state index contributed by atoms with van der Waals surface area (Å²) in [6.45, 7) is 3.72. The zero-order valence-electron chi connectivity index (χ0n) is 16.3. The average Bonchev–Trinajstić information content (AvgIpc) is 2.71. The van der Waals surface area contributed by atoms with Gasteiger partial charge in [0.2, 0.25) is 11.8 Å². The van der Waals surface area contributed by atoms with E-state index in [9.17, 15) is 9.59 Å². The van der Waals surface area contributed by atoms with Crippen LogP contribution in [0.25, 0.3) is 0 Å². The number of unbranched alkanes of at least 4 members (excludes halogenated alkanes) is 4. The van der Waals surface area contributed by atoms with Gasteiger partial charge in [0.05, 0.1) is 5.92 Å². The summed E-state index contributed by atoms with van der Waals surface area (Å²) < 4.78 is 0. The number of amides is 2. The Morgan fingerprint density at radius 1 is 0.893 bits per heavy atom. The molecule has 2 aromatic rings. The first kappa shape index (κ1) is 21.4. The van der Waals surface area contributed by atoms with Gasteiger partial charge in [0.15, 0.2) is 0 Å². The highest BCUT2D eigenvalue weighted by atomic mass is 16.2. The molecule has 148 valence electrons. The predicted octanol–water partition coefficient (Wildman–Crippen LogP) is 4.32. The maximum atomic E-state index is 13.1. The van der Waals surface area contributed by atoms with E-state index in [4.69, 9.17) is 5.73 Å². The molecule has 2 aromatic carbocycles. The summed E-state index contributed by atoms with van der Waals surface area (Å²) in [5.74, 6) is -1.16. The minimum absolute atomic E-state index is 0.201. The van der Waals surface area contributed by atoms with Gasteiger partial charge in [-0.1, -0.05) is 86.0 Å². The maximum Gasteiger partial charge on any atom is 0.240 e. The zero-order chi connectivity index (χ0) is 20.2. The molecule has 0 aliphatic carbocycles. The number of allylic oxidation sites excluding steroid dienone is 1. The molecule has 0 bridgehead atoms. The van der Waals surface area contributed by atoms with E-state index >= 15 is 0 Å². The summed E-state index contributed by atoms with van der Waals surface area (Å²) in [5.41, 5.74) is 7.33. The lowest BCUT2D eigenvalue weighted by molar-refractivity contribution is -0.127. The van der Waals surface area contributed by atoms with Crippen LogP contribution in [0.3, 0.4) is 0 Å². The van der Waals surface area contributed by atoms with E-state index < -0.39 is 17.9 Å². The molecule has 0 fully saturated rings. The monoisotopic (exact) mass is 378 g/mol. The minimum Gasteiger partial charge on any atom is -0.368 e. The zero-order valence-corrected chi connectivity index (χ0v) is 16.3.